The van der Waals surface area contributed by atoms with E-state index in [1.807, 2.05) is 12.1 Å². The van der Waals surface area contributed by atoms with E-state index in [1.54, 1.807) is 7.11 Å². The molecule has 0 bridgehead atoms. The smallest absolute Gasteiger partial charge is 0.180 e. The van der Waals surface area contributed by atoms with Crippen LogP contribution in [0.15, 0.2) is 12.1 Å². The van der Waals surface area contributed by atoms with Crippen molar-refractivity contribution < 1.29 is 9.47 Å². The summed E-state index contributed by atoms with van der Waals surface area (Å²) in [5, 5.41) is 4.01. The Bertz CT molecular complexity index is 431. The first-order valence-electron chi connectivity index (χ1n) is 7.48. The lowest BCUT2D eigenvalue weighted by molar-refractivity contribution is 0.201. The first-order valence-corrected chi connectivity index (χ1v) is 7.86. The molecule has 20 heavy (non-hydrogen) atoms. The molecule has 0 amide bonds. The lowest BCUT2D eigenvalue weighted by atomic mass is 10.2. The number of benzene rings is 1. The molecule has 1 N–H and O–H groups in total. The Balaban J connectivity index is 2.10. The van der Waals surface area contributed by atoms with E-state index >= 15 is 0 Å². The number of ether oxygens (including phenoxy) is 2. The van der Waals surface area contributed by atoms with Crippen molar-refractivity contribution in [1.82, 2.24) is 5.32 Å². The maximum absolute atomic E-state index is 6.37. The van der Waals surface area contributed by atoms with E-state index in [2.05, 4.69) is 12.2 Å². The van der Waals surface area contributed by atoms with Gasteiger partial charge in [0.1, 0.15) is 0 Å². The largest absolute Gasteiger partial charge is 0.493 e. The van der Waals surface area contributed by atoms with E-state index in [4.69, 9.17) is 21.1 Å². The van der Waals surface area contributed by atoms with Crippen LogP contribution in [0.1, 0.15) is 44.6 Å². The third-order valence-electron chi connectivity index (χ3n) is 3.63. The van der Waals surface area contributed by atoms with Gasteiger partial charge in [0.15, 0.2) is 11.5 Å². The quantitative estimate of drug-likeness (QED) is 0.766. The molecule has 0 atom stereocenters. The summed E-state index contributed by atoms with van der Waals surface area (Å²) in [6.07, 6.45) is 6.10. The summed E-state index contributed by atoms with van der Waals surface area (Å²) in [6, 6.07) is 3.98. The van der Waals surface area contributed by atoms with Gasteiger partial charge in [-0.25, -0.2) is 0 Å². The van der Waals surface area contributed by atoms with Gasteiger partial charge >= 0.3 is 0 Å². The molecule has 1 fully saturated rings. The monoisotopic (exact) mass is 297 g/mol. The molecule has 1 aromatic carbocycles. The SMILES string of the molecule is CCCNCc1cc(Cl)c(OC2CCCC2)c(OC)c1. The van der Waals surface area contributed by atoms with Gasteiger partial charge in [-0.3, -0.25) is 0 Å². The number of halogens is 1. The van der Waals surface area contributed by atoms with Crippen molar-refractivity contribution in [2.24, 2.45) is 0 Å². The van der Waals surface area contributed by atoms with Gasteiger partial charge < -0.3 is 14.8 Å². The molecule has 3 nitrogen and oxygen atoms in total. The molecule has 1 aliphatic rings. The zero-order valence-electron chi connectivity index (χ0n) is 12.4. The Labute approximate surface area is 126 Å². The summed E-state index contributed by atoms with van der Waals surface area (Å²) < 4.78 is 11.5. The van der Waals surface area contributed by atoms with Crippen LogP contribution in [0.3, 0.4) is 0 Å². The van der Waals surface area contributed by atoms with Crippen molar-refractivity contribution >= 4 is 11.6 Å². The van der Waals surface area contributed by atoms with Crippen molar-refractivity contribution in [2.45, 2.75) is 51.7 Å². The minimum Gasteiger partial charge on any atom is -0.493 e. The Kier molecular flexibility index (Phi) is 5.99. The normalized spacial score (nSPS) is 15.6. The highest BCUT2D eigenvalue weighted by Gasteiger charge is 2.20. The lowest BCUT2D eigenvalue weighted by Gasteiger charge is -2.18. The fourth-order valence-electron chi connectivity index (χ4n) is 2.57. The highest BCUT2D eigenvalue weighted by Crippen LogP contribution is 2.38. The first-order chi connectivity index (χ1) is 9.74. The van der Waals surface area contributed by atoms with E-state index in [9.17, 15) is 0 Å². The van der Waals surface area contributed by atoms with Crippen LogP contribution in [-0.4, -0.2) is 19.8 Å². The summed E-state index contributed by atoms with van der Waals surface area (Å²) in [5.74, 6) is 1.43. The van der Waals surface area contributed by atoms with Gasteiger partial charge in [0, 0.05) is 6.54 Å². The van der Waals surface area contributed by atoms with Crippen molar-refractivity contribution in [3.63, 3.8) is 0 Å². The van der Waals surface area contributed by atoms with Gasteiger partial charge in [0.25, 0.3) is 0 Å². The number of rotatable bonds is 7. The second-order valence-corrected chi connectivity index (χ2v) is 5.72. The van der Waals surface area contributed by atoms with Crippen LogP contribution in [0.25, 0.3) is 0 Å². The number of hydrogen-bond donors (Lipinski definition) is 1. The van der Waals surface area contributed by atoms with Gasteiger partial charge in [-0.2, -0.15) is 0 Å². The first kappa shape index (κ1) is 15.5. The van der Waals surface area contributed by atoms with Gasteiger partial charge in [0.2, 0.25) is 0 Å². The summed E-state index contributed by atoms with van der Waals surface area (Å²) in [6.45, 7) is 3.95. The molecular formula is C16H24ClNO2. The number of methoxy groups -OCH3 is 1. The third-order valence-corrected chi connectivity index (χ3v) is 3.91. The number of nitrogens with one attached hydrogen (secondary N) is 1. The summed E-state index contributed by atoms with van der Waals surface area (Å²) in [7, 11) is 1.66. The zero-order valence-corrected chi connectivity index (χ0v) is 13.1. The highest BCUT2D eigenvalue weighted by molar-refractivity contribution is 6.32. The molecule has 0 heterocycles. The Morgan fingerprint density at radius 3 is 2.70 bits per heavy atom. The average Bonchev–Trinajstić information content (AvgIpc) is 2.94. The van der Waals surface area contributed by atoms with Gasteiger partial charge in [0.05, 0.1) is 18.2 Å². The van der Waals surface area contributed by atoms with Crippen LogP contribution in [0.5, 0.6) is 11.5 Å². The minimum atomic E-state index is 0.283. The molecule has 1 aromatic rings. The van der Waals surface area contributed by atoms with Crippen LogP contribution < -0.4 is 14.8 Å². The standard InChI is InChI=1S/C16H24ClNO2/c1-3-8-18-11-12-9-14(17)16(15(10-12)19-2)20-13-6-4-5-7-13/h9-10,13,18H,3-8,11H2,1-2H3. The molecule has 1 aliphatic carbocycles. The lowest BCUT2D eigenvalue weighted by Crippen LogP contribution is -2.15. The van der Waals surface area contributed by atoms with E-state index in [0.29, 0.717) is 10.8 Å². The van der Waals surface area contributed by atoms with E-state index in [0.717, 1.165) is 43.7 Å². The molecule has 0 saturated heterocycles. The van der Waals surface area contributed by atoms with Crippen molar-refractivity contribution in [1.29, 1.82) is 0 Å². The topological polar surface area (TPSA) is 30.5 Å². The Morgan fingerprint density at radius 1 is 1.30 bits per heavy atom. The maximum atomic E-state index is 6.37. The van der Waals surface area contributed by atoms with Gasteiger partial charge in [-0.1, -0.05) is 18.5 Å². The zero-order chi connectivity index (χ0) is 14.4. The minimum absolute atomic E-state index is 0.283. The maximum Gasteiger partial charge on any atom is 0.180 e. The highest BCUT2D eigenvalue weighted by atomic mass is 35.5. The third kappa shape index (κ3) is 4.03. The predicted octanol–water partition coefficient (Wildman–Crippen LogP) is 4.17. The number of hydrogen-bond acceptors (Lipinski definition) is 3. The molecule has 2 rings (SSSR count). The molecule has 0 spiro atoms. The van der Waals surface area contributed by atoms with Crippen molar-refractivity contribution in [2.75, 3.05) is 13.7 Å². The summed E-state index contributed by atoms with van der Waals surface area (Å²) >= 11 is 6.37. The van der Waals surface area contributed by atoms with Crippen molar-refractivity contribution in [3.8, 4) is 11.5 Å². The van der Waals surface area contributed by atoms with Crippen LogP contribution in [-0.2, 0) is 6.54 Å². The van der Waals surface area contributed by atoms with Crippen LogP contribution in [0, 0.1) is 0 Å². The fourth-order valence-corrected chi connectivity index (χ4v) is 2.85. The van der Waals surface area contributed by atoms with E-state index in [1.165, 1.54) is 12.8 Å². The molecule has 112 valence electrons. The molecule has 4 heteroatoms. The van der Waals surface area contributed by atoms with Gasteiger partial charge in [-0.05, 0) is 56.3 Å². The molecule has 1 saturated carbocycles. The van der Waals surface area contributed by atoms with E-state index < -0.39 is 0 Å². The molecule has 0 aromatic heterocycles. The Hall–Kier alpha value is -0.930. The van der Waals surface area contributed by atoms with Crippen LogP contribution >= 0.6 is 11.6 Å². The predicted molar refractivity (Wildman–Crippen MR) is 82.9 cm³/mol. The summed E-state index contributed by atoms with van der Waals surface area (Å²) in [5.41, 5.74) is 1.12. The summed E-state index contributed by atoms with van der Waals surface area (Å²) in [4.78, 5) is 0. The molecular weight excluding hydrogens is 274 g/mol. The molecule has 0 unspecified atom stereocenters. The van der Waals surface area contributed by atoms with Gasteiger partial charge in [-0.15, -0.1) is 0 Å². The van der Waals surface area contributed by atoms with E-state index in [-0.39, 0.29) is 6.10 Å². The second kappa shape index (κ2) is 7.75. The Morgan fingerprint density at radius 2 is 2.05 bits per heavy atom. The fraction of sp³-hybridized carbons (Fsp3) is 0.625. The molecule has 0 radical (unpaired) electrons. The average molecular weight is 298 g/mol. The van der Waals surface area contributed by atoms with Crippen LogP contribution in [0.4, 0.5) is 0 Å². The van der Waals surface area contributed by atoms with Crippen molar-refractivity contribution in [3.05, 3.63) is 22.7 Å². The second-order valence-electron chi connectivity index (χ2n) is 5.31. The van der Waals surface area contributed by atoms with Crippen LogP contribution in [0.2, 0.25) is 5.02 Å². The molecule has 0 aliphatic heterocycles.